The van der Waals surface area contributed by atoms with E-state index in [4.69, 9.17) is 0 Å². The van der Waals surface area contributed by atoms with Crippen LogP contribution >= 0.6 is 11.8 Å². The Kier molecular flexibility index (Phi) is 3.07. The third kappa shape index (κ3) is 2.08. The van der Waals surface area contributed by atoms with Gasteiger partial charge in [0.25, 0.3) is 0 Å². The second-order valence-electron chi connectivity index (χ2n) is 4.04. The van der Waals surface area contributed by atoms with Gasteiger partial charge in [-0.25, -0.2) is 0 Å². The molecule has 1 unspecified atom stereocenters. The first kappa shape index (κ1) is 10.6. The Morgan fingerprint density at radius 2 is 2.08 bits per heavy atom. The fraction of sp³-hybridized carbons (Fsp3) is 0.500. The van der Waals surface area contributed by atoms with Gasteiger partial charge in [-0.3, -0.25) is 0 Å². The molecule has 1 aliphatic rings. The van der Waals surface area contributed by atoms with E-state index in [1.165, 1.54) is 16.7 Å². The van der Waals surface area contributed by atoms with Crippen LogP contribution in [0, 0.1) is 5.41 Å². The van der Waals surface area contributed by atoms with Crippen molar-refractivity contribution in [2.24, 2.45) is 5.41 Å². The van der Waals surface area contributed by atoms with E-state index >= 15 is 0 Å². The zero-order valence-corrected chi connectivity index (χ0v) is 9.79. The van der Waals surface area contributed by atoms with E-state index < -0.39 is 0 Å². The summed E-state index contributed by atoms with van der Waals surface area (Å²) in [6.07, 6.45) is 6.69. The smallest absolute Gasteiger partial charge is 0.0196 e. The van der Waals surface area contributed by atoms with Crippen molar-refractivity contribution in [1.82, 2.24) is 0 Å². The van der Waals surface area contributed by atoms with Gasteiger partial charge in [0.2, 0.25) is 0 Å². The molecule has 0 aromatic heterocycles. The van der Waals surface area contributed by atoms with Gasteiger partial charge in [0, 0.05) is 11.2 Å². The molecule has 72 valence electrons. The Bertz CT molecular complexity index is 283. The number of rotatable bonds is 2. The molecule has 0 bridgehead atoms. The summed E-state index contributed by atoms with van der Waals surface area (Å²) in [5, 5.41) is 0. The first-order valence-electron chi connectivity index (χ1n) is 4.56. The van der Waals surface area contributed by atoms with Crippen molar-refractivity contribution in [2.75, 3.05) is 12.0 Å². The highest BCUT2D eigenvalue weighted by atomic mass is 32.2. The summed E-state index contributed by atoms with van der Waals surface area (Å²) in [6.45, 7) is 10.8. The lowest BCUT2D eigenvalue weighted by Gasteiger charge is -2.32. The average molecular weight is 194 g/mol. The summed E-state index contributed by atoms with van der Waals surface area (Å²) in [7, 11) is 0. The van der Waals surface area contributed by atoms with Gasteiger partial charge < -0.3 is 0 Å². The van der Waals surface area contributed by atoms with Gasteiger partial charge in [-0.1, -0.05) is 31.2 Å². The lowest BCUT2D eigenvalue weighted by Crippen LogP contribution is -2.22. The fourth-order valence-electron chi connectivity index (χ4n) is 1.94. The van der Waals surface area contributed by atoms with Gasteiger partial charge in [0.15, 0.2) is 0 Å². The molecule has 0 N–H and O–H groups in total. The predicted octanol–water partition coefficient (Wildman–Crippen LogP) is 3.82. The van der Waals surface area contributed by atoms with Crippen LogP contribution in [0.3, 0.4) is 0 Å². The molecule has 13 heavy (non-hydrogen) atoms. The predicted molar refractivity (Wildman–Crippen MR) is 63.1 cm³/mol. The van der Waals surface area contributed by atoms with Crippen LogP contribution in [0.1, 0.15) is 20.8 Å². The van der Waals surface area contributed by atoms with Crippen LogP contribution in [0.15, 0.2) is 35.5 Å². The second-order valence-corrected chi connectivity index (χ2v) is 4.91. The third-order valence-electron chi connectivity index (χ3n) is 2.60. The quantitative estimate of drug-likeness (QED) is 0.644. The Labute approximate surface area is 85.8 Å². The fourth-order valence-corrected chi connectivity index (χ4v) is 2.80. The summed E-state index contributed by atoms with van der Waals surface area (Å²) in [6, 6.07) is 0. The molecule has 1 rings (SSSR count). The lowest BCUT2D eigenvalue weighted by atomic mass is 9.76. The van der Waals surface area contributed by atoms with Crippen LogP contribution in [0.5, 0.6) is 0 Å². The van der Waals surface area contributed by atoms with E-state index in [1.54, 1.807) is 0 Å². The van der Waals surface area contributed by atoms with Crippen LogP contribution in [0.2, 0.25) is 0 Å². The van der Waals surface area contributed by atoms with Crippen LogP contribution < -0.4 is 0 Å². The average Bonchev–Trinajstić information content (AvgIpc) is 2.00. The maximum atomic E-state index is 4.18. The molecule has 0 radical (unpaired) electrons. The Hall–Kier alpha value is -0.430. The van der Waals surface area contributed by atoms with Crippen molar-refractivity contribution >= 4 is 11.8 Å². The molecular weight excluding hydrogens is 176 g/mol. The van der Waals surface area contributed by atoms with Crippen molar-refractivity contribution < 1.29 is 0 Å². The molecule has 0 fully saturated rings. The summed E-state index contributed by atoms with van der Waals surface area (Å²) in [5.74, 6) is 1.12. The first-order valence-corrected chi connectivity index (χ1v) is 5.95. The molecule has 1 aliphatic carbocycles. The molecule has 0 saturated carbocycles. The number of hydrogen-bond donors (Lipinski definition) is 0. The van der Waals surface area contributed by atoms with E-state index in [2.05, 4.69) is 45.8 Å². The largest absolute Gasteiger partial charge is 0.164 e. The molecular formula is C12H18S. The maximum absolute atomic E-state index is 4.18. The van der Waals surface area contributed by atoms with Gasteiger partial charge in [-0.05, 0) is 31.2 Å². The van der Waals surface area contributed by atoms with E-state index in [0.29, 0.717) is 0 Å². The normalized spacial score (nSPS) is 28.5. The van der Waals surface area contributed by atoms with Crippen molar-refractivity contribution in [3.63, 3.8) is 0 Å². The molecule has 0 nitrogen and oxygen atoms in total. The molecule has 1 atom stereocenters. The van der Waals surface area contributed by atoms with Gasteiger partial charge in [0.1, 0.15) is 0 Å². The molecule has 1 heteroatoms. The molecule has 0 aromatic rings. The molecule has 0 spiro atoms. The van der Waals surface area contributed by atoms with Crippen molar-refractivity contribution in [1.29, 1.82) is 0 Å². The highest BCUT2D eigenvalue weighted by Gasteiger charge is 2.27. The molecule has 0 heterocycles. The zero-order valence-electron chi connectivity index (χ0n) is 8.98. The number of allylic oxidation sites excluding steroid dienone is 5. The highest BCUT2D eigenvalue weighted by Crippen LogP contribution is 2.39. The van der Waals surface area contributed by atoms with Gasteiger partial charge in [-0.2, -0.15) is 11.8 Å². The zero-order chi connectivity index (χ0) is 10.1. The minimum atomic E-state index is 0.169. The SMILES string of the molecule is C=C1C(C)=CC(C)=CC1(C)CSC. The van der Waals surface area contributed by atoms with E-state index in [-0.39, 0.29) is 5.41 Å². The van der Waals surface area contributed by atoms with Crippen LogP contribution in [-0.4, -0.2) is 12.0 Å². The van der Waals surface area contributed by atoms with Crippen molar-refractivity contribution in [3.8, 4) is 0 Å². The summed E-state index contributed by atoms with van der Waals surface area (Å²) in [5.41, 5.74) is 4.13. The molecule has 0 aromatic carbocycles. The standard InChI is InChI=1S/C12H18S/c1-9-6-10(2)11(3)12(4,7-9)8-13-5/h6-7H,3,8H2,1-2,4-5H3. The van der Waals surface area contributed by atoms with Gasteiger partial charge in [0.05, 0.1) is 0 Å². The highest BCUT2D eigenvalue weighted by molar-refractivity contribution is 7.98. The Morgan fingerprint density at radius 1 is 1.46 bits per heavy atom. The van der Waals surface area contributed by atoms with Gasteiger partial charge >= 0.3 is 0 Å². The third-order valence-corrected chi connectivity index (χ3v) is 3.49. The minimum absolute atomic E-state index is 0.169. The monoisotopic (exact) mass is 194 g/mol. The summed E-state index contributed by atoms with van der Waals surface area (Å²) in [4.78, 5) is 0. The molecule has 0 saturated heterocycles. The maximum Gasteiger partial charge on any atom is 0.0196 e. The lowest BCUT2D eigenvalue weighted by molar-refractivity contribution is 0.592. The number of hydrogen-bond acceptors (Lipinski definition) is 1. The first-order chi connectivity index (χ1) is 5.99. The van der Waals surface area contributed by atoms with Crippen LogP contribution in [0.4, 0.5) is 0 Å². The van der Waals surface area contributed by atoms with E-state index in [9.17, 15) is 0 Å². The Balaban J connectivity index is 3.01. The molecule has 0 amide bonds. The summed E-state index contributed by atoms with van der Waals surface area (Å²) >= 11 is 1.88. The van der Waals surface area contributed by atoms with Crippen LogP contribution in [0.25, 0.3) is 0 Å². The topological polar surface area (TPSA) is 0 Å². The number of thioether (sulfide) groups is 1. The van der Waals surface area contributed by atoms with Crippen molar-refractivity contribution in [2.45, 2.75) is 20.8 Å². The van der Waals surface area contributed by atoms with Gasteiger partial charge in [-0.15, -0.1) is 0 Å². The van der Waals surface area contributed by atoms with Crippen molar-refractivity contribution in [3.05, 3.63) is 35.5 Å². The van der Waals surface area contributed by atoms with E-state index in [0.717, 1.165) is 5.75 Å². The van der Waals surface area contributed by atoms with E-state index in [1.807, 2.05) is 11.8 Å². The van der Waals surface area contributed by atoms with Crippen LogP contribution in [-0.2, 0) is 0 Å². The summed E-state index contributed by atoms with van der Waals surface area (Å²) < 4.78 is 0. The Morgan fingerprint density at radius 3 is 2.62 bits per heavy atom. The minimum Gasteiger partial charge on any atom is -0.164 e. The second kappa shape index (κ2) is 3.75. The molecule has 0 aliphatic heterocycles.